The van der Waals surface area contributed by atoms with Crippen LogP contribution in [0.25, 0.3) is 0 Å². The molecule has 1 saturated carbocycles. The maximum Gasteiger partial charge on any atom is 0.00777 e. The lowest BCUT2D eigenvalue weighted by Gasteiger charge is -2.28. The molecular weight excluding hydrogens is 190 g/mol. The van der Waals surface area contributed by atoms with E-state index in [2.05, 4.69) is 25.1 Å². The van der Waals surface area contributed by atoms with Gasteiger partial charge in [-0.25, -0.2) is 0 Å². The lowest BCUT2D eigenvalue weighted by Crippen LogP contribution is -2.35. The van der Waals surface area contributed by atoms with Crippen LogP contribution in [-0.2, 0) is 0 Å². The molecule has 0 aromatic carbocycles. The summed E-state index contributed by atoms with van der Waals surface area (Å²) >= 11 is 2.03. The third-order valence-corrected chi connectivity index (χ3v) is 4.04. The minimum absolute atomic E-state index is 0.764. The van der Waals surface area contributed by atoms with Gasteiger partial charge in [0.25, 0.3) is 0 Å². The van der Waals surface area contributed by atoms with E-state index < -0.39 is 0 Å². The first-order valence-electron chi connectivity index (χ1n) is 5.63. The van der Waals surface area contributed by atoms with E-state index in [1.165, 1.54) is 31.3 Å². The smallest absolute Gasteiger partial charge is 0.00777 e. The predicted molar refractivity (Wildman–Crippen MR) is 67.0 cm³/mol. The molecule has 1 nitrogen and oxygen atoms in total. The molecule has 2 atom stereocenters. The highest BCUT2D eigenvalue weighted by Crippen LogP contribution is 2.26. The molecule has 0 amide bonds. The summed E-state index contributed by atoms with van der Waals surface area (Å²) in [5.41, 5.74) is 1.29. The molecule has 0 saturated heterocycles. The maximum atomic E-state index is 3.92. The Morgan fingerprint density at radius 2 is 2.29 bits per heavy atom. The number of hydrogen-bond acceptors (Lipinski definition) is 2. The molecule has 2 unspecified atom stereocenters. The second-order valence-corrected chi connectivity index (χ2v) is 5.52. The minimum Gasteiger partial charge on any atom is -0.314 e. The van der Waals surface area contributed by atoms with Crippen molar-refractivity contribution in [2.24, 2.45) is 0 Å². The molecule has 14 heavy (non-hydrogen) atoms. The van der Waals surface area contributed by atoms with Gasteiger partial charge >= 0.3 is 0 Å². The van der Waals surface area contributed by atoms with Gasteiger partial charge in [-0.15, -0.1) is 6.58 Å². The van der Waals surface area contributed by atoms with Gasteiger partial charge in [0, 0.05) is 11.3 Å². The average molecular weight is 213 g/mol. The summed E-state index contributed by atoms with van der Waals surface area (Å²) in [4.78, 5) is 0. The fourth-order valence-electron chi connectivity index (χ4n) is 2.03. The second kappa shape index (κ2) is 6.52. The first-order valence-corrected chi connectivity index (χ1v) is 6.91. The molecular formula is C12H23NS. The molecule has 1 rings (SSSR count). The van der Waals surface area contributed by atoms with Crippen LogP contribution in [0, 0.1) is 0 Å². The topological polar surface area (TPSA) is 12.0 Å². The van der Waals surface area contributed by atoms with Gasteiger partial charge < -0.3 is 5.32 Å². The largest absolute Gasteiger partial charge is 0.314 e. The molecule has 0 spiro atoms. The van der Waals surface area contributed by atoms with E-state index in [4.69, 9.17) is 0 Å². The molecule has 2 heteroatoms. The van der Waals surface area contributed by atoms with E-state index in [0.29, 0.717) is 0 Å². The van der Waals surface area contributed by atoms with Gasteiger partial charge in [0.05, 0.1) is 0 Å². The number of hydrogen-bond donors (Lipinski definition) is 1. The summed E-state index contributed by atoms with van der Waals surface area (Å²) in [7, 11) is 0. The Balaban J connectivity index is 2.14. The van der Waals surface area contributed by atoms with Gasteiger partial charge in [0.2, 0.25) is 0 Å². The zero-order chi connectivity index (χ0) is 10.4. The molecule has 0 aromatic rings. The number of thioether (sulfide) groups is 1. The van der Waals surface area contributed by atoms with Crippen LogP contribution in [0.5, 0.6) is 0 Å². The Kier molecular flexibility index (Phi) is 5.64. The van der Waals surface area contributed by atoms with Crippen molar-refractivity contribution < 1.29 is 0 Å². The number of nitrogens with one attached hydrogen (secondary N) is 1. The van der Waals surface area contributed by atoms with Crippen molar-refractivity contribution >= 4 is 11.8 Å². The van der Waals surface area contributed by atoms with E-state index in [-0.39, 0.29) is 0 Å². The minimum atomic E-state index is 0.764. The third-order valence-electron chi connectivity index (χ3n) is 2.94. The summed E-state index contributed by atoms with van der Waals surface area (Å²) in [5, 5.41) is 4.54. The molecule has 1 aliphatic rings. The normalized spacial score (nSPS) is 27.6. The molecule has 1 aliphatic carbocycles. The first kappa shape index (κ1) is 12.1. The van der Waals surface area contributed by atoms with Gasteiger partial charge in [-0.3, -0.25) is 0 Å². The molecule has 0 bridgehead atoms. The van der Waals surface area contributed by atoms with Gasteiger partial charge in [0.1, 0.15) is 0 Å². The van der Waals surface area contributed by atoms with Gasteiger partial charge in [0.15, 0.2) is 0 Å². The average Bonchev–Trinajstić information content (AvgIpc) is 2.18. The highest BCUT2D eigenvalue weighted by atomic mass is 32.2. The fourth-order valence-corrected chi connectivity index (χ4v) is 2.86. The highest BCUT2D eigenvalue weighted by molar-refractivity contribution is 7.99. The number of rotatable bonds is 5. The van der Waals surface area contributed by atoms with Crippen molar-refractivity contribution in [3.63, 3.8) is 0 Å². The van der Waals surface area contributed by atoms with Crippen LogP contribution in [0.3, 0.4) is 0 Å². The quantitative estimate of drug-likeness (QED) is 0.704. The second-order valence-electron chi connectivity index (χ2n) is 4.38. The third kappa shape index (κ3) is 4.52. The van der Waals surface area contributed by atoms with Crippen LogP contribution >= 0.6 is 11.8 Å². The van der Waals surface area contributed by atoms with Crippen LogP contribution in [0.2, 0.25) is 0 Å². The van der Waals surface area contributed by atoms with E-state index in [1.807, 2.05) is 11.8 Å². The molecule has 1 N–H and O–H groups in total. The SMILES string of the molecule is C=C(C)CCNC1CCCC(SC)C1. The van der Waals surface area contributed by atoms with Gasteiger partial charge in [-0.1, -0.05) is 12.0 Å². The zero-order valence-corrected chi connectivity index (χ0v) is 10.3. The van der Waals surface area contributed by atoms with Crippen molar-refractivity contribution in [3.8, 4) is 0 Å². The lowest BCUT2D eigenvalue weighted by molar-refractivity contribution is 0.383. The predicted octanol–water partition coefficient (Wildman–Crippen LogP) is 3.22. The summed E-state index contributed by atoms with van der Waals surface area (Å²) in [6, 6.07) is 0.764. The monoisotopic (exact) mass is 213 g/mol. The van der Waals surface area contributed by atoms with Crippen LogP contribution in [0.15, 0.2) is 12.2 Å². The van der Waals surface area contributed by atoms with Gasteiger partial charge in [-0.2, -0.15) is 11.8 Å². The first-order chi connectivity index (χ1) is 6.72. The van der Waals surface area contributed by atoms with Crippen molar-refractivity contribution in [2.75, 3.05) is 12.8 Å². The molecule has 0 heterocycles. The molecule has 1 fully saturated rings. The summed E-state index contributed by atoms with van der Waals surface area (Å²) in [5.74, 6) is 0. The molecule has 0 radical (unpaired) electrons. The molecule has 0 aromatic heterocycles. The van der Waals surface area contributed by atoms with E-state index in [1.54, 1.807) is 0 Å². The Bertz CT molecular complexity index is 179. The highest BCUT2D eigenvalue weighted by Gasteiger charge is 2.20. The maximum absolute atomic E-state index is 3.92. The van der Waals surface area contributed by atoms with Crippen molar-refractivity contribution in [3.05, 3.63) is 12.2 Å². The van der Waals surface area contributed by atoms with Crippen molar-refractivity contribution in [1.82, 2.24) is 5.32 Å². The summed E-state index contributed by atoms with van der Waals surface area (Å²) in [6.45, 7) is 7.14. The Labute approximate surface area is 92.7 Å². The van der Waals surface area contributed by atoms with Gasteiger partial charge in [-0.05, 0) is 45.4 Å². The van der Waals surface area contributed by atoms with E-state index in [0.717, 1.165) is 24.3 Å². The van der Waals surface area contributed by atoms with Crippen LogP contribution in [-0.4, -0.2) is 24.1 Å². The Morgan fingerprint density at radius 1 is 1.50 bits per heavy atom. The summed E-state index contributed by atoms with van der Waals surface area (Å²) in [6.07, 6.45) is 8.90. The summed E-state index contributed by atoms with van der Waals surface area (Å²) < 4.78 is 0. The van der Waals surface area contributed by atoms with Crippen LogP contribution in [0.4, 0.5) is 0 Å². The Morgan fingerprint density at radius 3 is 2.93 bits per heavy atom. The zero-order valence-electron chi connectivity index (χ0n) is 9.51. The van der Waals surface area contributed by atoms with E-state index in [9.17, 15) is 0 Å². The van der Waals surface area contributed by atoms with Crippen molar-refractivity contribution in [2.45, 2.75) is 50.3 Å². The fraction of sp³-hybridized carbons (Fsp3) is 0.833. The standard InChI is InChI=1S/C12H23NS/c1-10(2)7-8-13-11-5-4-6-12(9-11)14-3/h11-13H,1,4-9H2,2-3H3. The Hall–Kier alpha value is 0.0500. The molecule has 0 aliphatic heterocycles. The molecule has 82 valence electrons. The lowest BCUT2D eigenvalue weighted by atomic mass is 9.95. The van der Waals surface area contributed by atoms with Crippen LogP contribution in [0.1, 0.15) is 39.0 Å². The van der Waals surface area contributed by atoms with Crippen molar-refractivity contribution in [1.29, 1.82) is 0 Å². The van der Waals surface area contributed by atoms with E-state index >= 15 is 0 Å². The van der Waals surface area contributed by atoms with Crippen LogP contribution < -0.4 is 5.32 Å².